The molecule has 0 fully saturated rings. The molecule has 0 radical (unpaired) electrons. The highest BCUT2D eigenvalue weighted by Gasteiger charge is 2.30. The summed E-state index contributed by atoms with van der Waals surface area (Å²) < 4.78 is 28.4. The van der Waals surface area contributed by atoms with E-state index in [4.69, 9.17) is 0 Å². The molecule has 1 atom stereocenters. The summed E-state index contributed by atoms with van der Waals surface area (Å²) in [5, 5.41) is 0. The Kier molecular flexibility index (Phi) is 5.38. The summed E-state index contributed by atoms with van der Waals surface area (Å²) in [7, 11) is -3.64. The zero-order valence-electron chi connectivity index (χ0n) is 17.1. The lowest BCUT2D eigenvalue weighted by atomic mass is 9.98. The van der Waals surface area contributed by atoms with Gasteiger partial charge in [-0.1, -0.05) is 38.1 Å². The van der Waals surface area contributed by atoms with Crippen LogP contribution in [0.2, 0.25) is 0 Å². The van der Waals surface area contributed by atoms with E-state index in [2.05, 4.69) is 0 Å². The number of benzene rings is 2. The van der Waals surface area contributed by atoms with Gasteiger partial charge in [0.15, 0.2) is 0 Å². The lowest BCUT2D eigenvalue weighted by Gasteiger charge is -2.32. The number of fused-ring (bicyclic) bond motifs is 2. The predicted molar refractivity (Wildman–Crippen MR) is 114 cm³/mol. The lowest BCUT2D eigenvalue weighted by molar-refractivity contribution is -0.136. The topological polar surface area (TPSA) is 57.7 Å². The Bertz CT molecular complexity index is 1030. The molecule has 1 amide bonds. The number of anilines is 1. The van der Waals surface area contributed by atoms with E-state index >= 15 is 0 Å². The van der Waals surface area contributed by atoms with E-state index in [9.17, 15) is 13.2 Å². The van der Waals surface area contributed by atoms with Crippen molar-refractivity contribution in [2.24, 2.45) is 5.92 Å². The molecule has 0 spiro atoms. The Labute approximate surface area is 173 Å². The number of carbonyl (C=O) groups excluding carboxylic acids is 1. The van der Waals surface area contributed by atoms with Gasteiger partial charge in [0.2, 0.25) is 5.91 Å². The average molecular weight is 413 g/mol. The van der Waals surface area contributed by atoms with E-state index in [0.29, 0.717) is 24.5 Å². The molecule has 0 aliphatic carbocycles. The van der Waals surface area contributed by atoms with Gasteiger partial charge >= 0.3 is 0 Å². The van der Waals surface area contributed by atoms with Gasteiger partial charge in [0.05, 0.1) is 10.6 Å². The normalized spacial score (nSPS) is 17.4. The molecule has 2 heterocycles. The fraction of sp³-hybridized carbons (Fsp3) is 0.435. The fourth-order valence-corrected chi connectivity index (χ4v) is 5.84. The number of carbonyl (C=O) groups is 1. The van der Waals surface area contributed by atoms with E-state index < -0.39 is 10.0 Å². The third-order valence-electron chi connectivity index (χ3n) is 6.19. The molecular weight excluding hydrogens is 384 g/mol. The molecule has 5 nitrogen and oxygen atoms in total. The van der Waals surface area contributed by atoms with Gasteiger partial charge in [0.1, 0.15) is 0 Å². The standard InChI is InChI=1S/C23H28N2O3S/c1-3-17(2)23(26)24-14-12-18-10-11-21(15-20(18)16-24)29(27,28)25-13-6-8-19-7-4-5-9-22(19)25/h4-5,7,9-11,15,17H,3,6,8,12-14,16H2,1-2H3. The minimum absolute atomic E-state index is 0.00619. The minimum atomic E-state index is -3.64. The van der Waals surface area contributed by atoms with Crippen molar-refractivity contribution < 1.29 is 13.2 Å². The van der Waals surface area contributed by atoms with Crippen LogP contribution in [0.4, 0.5) is 5.69 Å². The van der Waals surface area contributed by atoms with Crippen LogP contribution in [0.5, 0.6) is 0 Å². The highest BCUT2D eigenvalue weighted by Crippen LogP contribution is 2.33. The molecule has 0 saturated carbocycles. The molecule has 0 bridgehead atoms. The molecule has 2 aromatic carbocycles. The number of hydrogen-bond acceptors (Lipinski definition) is 3. The average Bonchev–Trinajstić information content (AvgIpc) is 2.76. The smallest absolute Gasteiger partial charge is 0.264 e. The number of rotatable bonds is 4. The van der Waals surface area contributed by atoms with Crippen LogP contribution in [0.3, 0.4) is 0 Å². The fourth-order valence-electron chi connectivity index (χ4n) is 4.24. The second-order valence-corrected chi connectivity index (χ2v) is 9.92. The van der Waals surface area contributed by atoms with Gasteiger partial charge in [0.25, 0.3) is 10.0 Å². The number of para-hydroxylation sites is 1. The summed E-state index contributed by atoms with van der Waals surface area (Å²) in [6.07, 6.45) is 3.30. The van der Waals surface area contributed by atoms with Gasteiger partial charge in [-0.3, -0.25) is 9.10 Å². The van der Waals surface area contributed by atoms with E-state index in [1.165, 1.54) is 0 Å². The molecule has 6 heteroatoms. The molecule has 4 rings (SSSR count). The summed E-state index contributed by atoms with van der Waals surface area (Å²) in [6.45, 7) is 5.64. The number of amides is 1. The largest absolute Gasteiger partial charge is 0.338 e. The van der Waals surface area contributed by atoms with Crippen molar-refractivity contribution in [1.82, 2.24) is 4.90 Å². The molecule has 0 N–H and O–H groups in total. The third-order valence-corrected chi connectivity index (χ3v) is 8.00. The maximum atomic E-state index is 13.5. The number of aryl methyl sites for hydroxylation is 1. The minimum Gasteiger partial charge on any atom is -0.338 e. The van der Waals surface area contributed by atoms with Crippen molar-refractivity contribution in [2.45, 2.75) is 51.0 Å². The Balaban J connectivity index is 1.65. The van der Waals surface area contributed by atoms with Crippen LogP contribution in [-0.4, -0.2) is 32.3 Å². The quantitative estimate of drug-likeness (QED) is 0.768. The van der Waals surface area contributed by atoms with Gasteiger partial charge in [0, 0.05) is 25.6 Å². The highest BCUT2D eigenvalue weighted by molar-refractivity contribution is 7.92. The second kappa shape index (κ2) is 7.82. The summed E-state index contributed by atoms with van der Waals surface area (Å²) >= 11 is 0. The van der Waals surface area contributed by atoms with Gasteiger partial charge in [-0.2, -0.15) is 0 Å². The van der Waals surface area contributed by atoms with Crippen molar-refractivity contribution >= 4 is 21.6 Å². The van der Waals surface area contributed by atoms with Gasteiger partial charge in [-0.25, -0.2) is 8.42 Å². The van der Waals surface area contributed by atoms with Crippen molar-refractivity contribution in [3.8, 4) is 0 Å². The molecule has 2 aromatic rings. The number of hydrogen-bond donors (Lipinski definition) is 0. The second-order valence-electron chi connectivity index (χ2n) is 8.06. The number of nitrogens with zero attached hydrogens (tertiary/aromatic N) is 2. The van der Waals surface area contributed by atoms with Gasteiger partial charge < -0.3 is 4.90 Å². The Hall–Kier alpha value is -2.34. The van der Waals surface area contributed by atoms with Crippen molar-refractivity contribution in [1.29, 1.82) is 0 Å². The molecule has 0 saturated heterocycles. The Morgan fingerprint density at radius 1 is 1.03 bits per heavy atom. The highest BCUT2D eigenvalue weighted by atomic mass is 32.2. The van der Waals surface area contributed by atoms with Crippen LogP contribution < -0.4 is 4.31 Å². The van der Waals surface area contributed by atoms with Crippen molar-refractivity contribution in [3.05, 3.63) is 59.2 Å². The zero-order valence-corrected chi connectivity index (χ0v) is 17.9. The molecular formula is C23H28N2O3S. The molecule has 0 aromatic heterocycles. The molecule has 29 heavy (non-hydrogen) atoms. The lowest BCUT2D eigenvalue weighted by Crippen LogP contribution is -2.39. The predicted octanol–water partition coefficient (Wildman–Crippen LogP) is 3.76. The first-order valence-corrected chi connectivity index (χ1v) is 11.9. The zero-order chi connectivity index (χ0) is 20.6. The van der Waals surface area contributed by atoms with E-state index in [1.54, 1.807) is 16.4 Å². The third kappa shape index (κ3) is 3.66. The van der Waals surface area contributed by atoms with Crippen molar-refractivity contribution in [3.63, 3.8) is 0 Å². The monoisotopic (exact) mass is 412 g/mol. The summed E-state index contributed by atoms with van der Waals surface area (Å²) in [6, 6.07) is 13.1. The Morgan fingerprint density at radius 2 is 1.83 bits per heavy atom. The van der Waals surface area contributed by atoms with Crippen LogP contribution in [0.15, 0.2) is 47.4 Å². The Morgan fingerprint density at radius 3 is 2.62 bits per heavy atom. The summed E-state index contributed by atoms with van der Waals surface area (Å²) in [5.74, 6) is 0.143. The van der Waals surface area contributed by atoms with E-state index in [1.807, 2.05) is 49.1 Å². The van der Waals surface area contributed by atoms with Crippen LogP contribution >= 0.6 is 0 Å². The molecule has 2 aliphatic rings. The van der Waals surface area contributed by atoms with E-state index in [-0.39, 0.29) is 11.8 Å². The first-order chi connectivity index (χ1) is 13.9. The summed E-state index contributed by atoms with van der Waals surface area (Å²) in [4.78, 5) is 14.8. The maximum Gasteiger partial charge on any atom is 0.264 e. The van der Waals surface area contributed by atoms with Crippen LogP contribution in [0, 0.1) is 5.92 Å². The molecule has 2 aliphatic heterocycles. The van der Waals surface area contributed by atoms with Crippen LogP contribution in [0.25, 0.3) is 0 Å². The van der Waals surface area contributed by atoms with Crippen LogP contribution in [0.1, 0.15) is 43.4 Å². The first-order valence-electron chi connectivity index (χ1n) is 10.4. The van der Waals surface area contributed by atoms with Gasteiger partial charge in [-0.05, 0) is 60.6 Å². The van der Waals surface area contributed by atoms with E-state index in [0.717, 1.165) is 48.1 Å². The van der Waals surface area contributed by atoms with Gasteiger partial charge in [-0.15, -0.1) is 0 Å². The molecule has 1 unspecified atom stereocenters. The first kappa shape index (κ1) is 20.0. The molecule has 154 valence electrons. The van der Waals surface area contributed by atoms with Crippen LogP contribution in [-0.2, 0) is 34.2 Å². The number of sulfonamides is 1. The summed E-state index contributed by atoms with van der Waals surface area (Å²) in [5.41, 5.74) is 3.94. The SMILES string of the molecule is CCC(C)C(=O)N1CCc2ccc(S(=O)(=O)N3CCCc4ccccc43)cc2C1. The van der Waals surface area contributed by atoms with Crippen molar-refractivity contribution in [2.75, 3.05) is 17.4 Å². The maximum absolute atomic E-state index is 13.5.